The summed E-state index contributed by atoms with van der Waals surface area (Å²) in [5.74, 6) is 0. The average molecular weight is 263 g/mol. The zero-order valence-corrected chi connectivity index (χ0v) is 13.8. The molecule has 9 heavy (non-hydrogen) atoms. The third-order valence-corrected chi connectivity index (χ3v) is 0. The predicted molar refractivity (Wildman–Crippen MR) is 59.8 cm³/mol. The van der Waals surface area contributed by atoms with Crippen molar-refractivity contribution in [2.75, 3.05) is 0 Å². The molecule has 0 nitrogen and oxygen atoms in total. The zero-order chi connectivity index (χ0) is 0. The molecule has 0 N–H and O–H groups in total. The second kappa shape index (κ2) is 84.1. The van der Waals surface area contributed by atoms with E-state index in [9.17, 15) is 0 Å². The molecule has 0 fully saturated rings. The Hall–Kier alpha value is 4.35. The van der Waals surface area contributed by atoms with Gasteiger partial charge in [-0.15, -0.1) is 0 Å². The molecule has 0 saturated carbocycles. The van der Waals surface area contributed by atoms with Crippen LogP contribution in [0.15, 0.2) is 0 Å². The summed E-state index contributed by atoms with van der Waals surface area (Å²) >= 11 is 0. The van der Waals surface area contributed by atoms with Crippen molar-refractivity contribution >= 4 is 148 Å². The van der Waals surface area contributed by atoms with Gasteiger partial charge in [0.15, 0.2) is 0 Å². The first-order valence-electron chi connectivity index (χ1n) is 0. The molecular formula is Al2Mg2S5. The van der Waals surface area contributed by atoms with Gasteiger partial charge in [-0.2, -0.15) is 0 Å². The van der Waals surface area contributed by atoms with Crippen molar-refractivity contribution in [3.8, 4) is 0 Å². The fourth-order valence-corrected chi connectivity index (χ4v) is 0. The normalized spacial score (nSPS) is 0. The van der Waals surface area contributed by atoms with Crippen LogP contribution in [0.4, 0.5) is 0 Å². The maximum atomic E-state index is 0. The van der Waals surface area contributed by atoms with Crippen LogP contribution < -0.4 is 0 Å². The molecule has 0 bridgehead atoms. The van der Waals surface area contributed by atoms with E-state index in [1.807, 2.05) is 0 Å². The summed E-state index contributed by atoms with van der Waals surface area (Å²) in [6.07, 6.45) is 0. The van der Waals surface area contributed by atoms with E-state index in [1.165, 1.54) is 0 Å². The van der Waals surface area contributed by atoms with Crippen molar-refractivity contribution in [1.82, 2.24) is 0 Å². The molecular weight excluding hydrogens is 263 g/mol. The van der Waals surface area contributed by atoms with Crippen molar-refractivity contribution in [1.29, 1.82) is 0 Å². The van der Waals surface area contributed by atoms with Crippen LogP contribution in [-0.4, -0.2) is 80.8 Å². The second-order valence-electron chi connectivity index (χ2n) is 0. The smallest absolute Gasteiger partial charge is 2.00 e. The third-order valence-electron chi connectivity index (χ3n) is 0. The summed E-state index contributed by atoms with van der Waals surface area (Å²) < 4.78 is 0. The Labute approximate surface area is 146 Å². The molecule has 0 aliphatic heterocycles. The molecule has 0 unspecified atom stereocenters. The Morgan fingerprint density at radius 3 is 0.333 bits per heavy atom. The molecule has 0 aliphatic carbocycles. The minimum atomic E-state index is 0. The molecule has 40 valence electrons. The first-order chi connectivity index (χ1) is 0. The summed E-state index contributed by atoms with van der Waals surface area (Å²) in [6.45, 7) is 0. The molecule has 0 aromatic heterocycles. The SMILES string of the molecule is [Al+3].[Al+3].[Mg+2].[Mg+2].[S-2].[S-2].[S-2].[S-2].[S-2]. The van der Waals surface area contributed by atoms with Gasteiger partial charge >= 0.3 is 80.8 Å². The summed E-state index contributed by atoms with van der Waals surface area (Å²) in [7, 11) is 0. The number of hydrogen-bond donors (Lipinski definition) is 0. The van der Waals surface area contributed by atoms with Crippen LogP contribution in [0.25, 0.3) is 0 Å². The Kier molecular flexibility index (Phi) is 1010. The molecule has 0 spiro atoms. The topological polar surface area (TPSA) is 0 Å². The van der Waals surface area contributed by atoms with Crippen LogP contribution in [0.3, 0.4) is 0 Å². The van der Waals surface area contributed by atoms with Crippen LogP contribution in [0.5, 0.6) is 0 Å². The largest absolute Gasteiger partial charge is 3.00 e. The summed E-state index contributed by atoms with van der Waals surface area (Å²) in [5.41, 5.74) is 0. The molecule has 0 aromatic rings. The van der Waals surface area contributed by atoms with Crippen LogP contribution in [0.2, 0.25) is 0 Å². The Morgan fingerprint density at radius 2 is 0.333 bits per heavy atom. The van der Waals surface area contributed by atoms with Crippen LogP contribution >= 0.6 is 0 Å². The van der Waals surface area contributed by atoms with Gasteiger partial charge in [-0.1, -0.05) is 0 Å². The van der Waals surface area contributed by atoms with E-state index in [4.69, 9.17) is 0 Å². The first-order valence-corrected chi connectivity index (χ1v) is 0. The molecule has 0 radical (unpaired) electrons. The molecule has 0 saturated heterocycles. The van der Waals surface area contributed by atoms with E-state index in [2.05, 4.69) is 0 Å². The van der Waals surface area contributed by atoms with E-state index < -0.39 is 0 Å². The Bertz CT molecular complexity index is 12.9. The third kappa shape index (κ3) is 69.9. The van der Waals surface area contributed by atoms with Gasteiger partial charge in [-0.25, -0.2) is 0 Å². The van der Waals surface area contributed by atoms with Gasteiger partial charge in [-0.3, -0.25) is 0 Å². The first kappa shape index (κ1) is 108. The van der Waals surface area contributed by atoms with Gasteiger partial charge in [0.2, 0.25) is 0 Å². The summed E-state index contributed by atoms with van der Waals surface area (Å²) in [6, 6.07) is 0. The number of hydrogen-bond acceptors (Lipinski definition) is 0. The van der Waals surface area contributed by atoms with E-state index in [0.717, 1.165) is 0 Å². The monoisotopic (exact) mass is 262 g/mol. The van der Waals surface area contributed by atoms with E-state index in [1.54, 1.807) is 0 Å². The molecule has 0 aromatic carbocycles. The fraction of sp³-hybridized carbons (Fsp3) is 0. The van der Waals surface area contributed by atoms with Crippen molar-refractivity contribution in [3.05, 3.63) is 0 Å². The quantitative estimate of drug-likeness (QED) is 0.465. The van der Waals surface area contributed by atoms with Crippen molar-refractivity contribution in [2.45, 2.75) is 0 Å². The Balaban J connectivity index is 0. The maximum absolute atomic E-state index is 0. The standard InChI is InChI=1S/2Al.2Mg.5S/q2*+3;2*+2;5*-2. The minimum Gasteiger partial charge on any atom is -2.00 e. The summed E-state index contributed by atoms with van der Waals surface area (Å²) in [5, 5.41) is 0. The molecule has 9 heteroatoms. The maximum Gasteiger partial charge on any atom is 3.00 e. The molecule has 0 heterocycles. The van der Waals surface area contributed by atoms with Gasteiger partial charge in [0.1, 0.15) is 0 Å². The number of rotatable bonds is 0. The molecule has 0 rings (SSSR count). The minimum absolute atomic E-state index is 0. The van der Waals surface area contributed by atoms with Crippen LogP contribution in [0.1, 0.15) is 0 Å². The van der Waals surface area contributed by atoms with Gasteiger partial charge in [0, 0.05) is 0 Å². The van der Waals surface area contributed by atoms with E-state index >= 15 is 0 Å². The van der Waals surface area contributed by atoms with Gasteiger partial charge in [-0.05, 0) is 0 Å². The fourth-order valence-electron chi connectivity index (χ4n) is 0. The molecule has 0 aliphatic rings. The van der Waals surface area contributed by atoms with E-state index in [-0.39, 0.29) is 148 Å². The van der Waals surface area contributed by atoms with Gasteiger partial charge in [0.25, 0.3) is 0 Å². The molecule has 0 amide bonds. The van der Waals surface area contributed by atoms with Crippen molar-refractivity contribution in [2.24, 2.45) is 0 Å². The average Bonchev–Trinajstić information content (AvgIpc) is 0. The van der Waals surface area contributed by atoms with Crippen LogP contribution in [0, 0.1) is 0 Å². The van der Waals surface area contributed by atoms with Gasteiger partial charge in [0.05, 0.1) is 0 Å². The second-order valence-corrected chi connectivity index (χ2v) is 0. The zero-order valence-electron chi connectivity index (χ0n) is 4.61. The van der Waals surface area contributed by atoms with E-state index in [0.29, 0.717) is 0 Å². The molecule has 0 atom stereocenters. The van der Waals surface area contributed by atoms with Gasteiger partial charge < -0.3 is 67.5 Å². The van der Waals surface area contributed by atoms with Crippen molar-refractivity contribution in [3.63, 3.8) is 0 Å². The predicted octanol–water partition coefficient (Wildman–Crippen LogP) is -1.54. The Morgan fingerprint density at radius 1 is 0.333 bits per heavy atom. The van der Waals surface area contributed by atoms with Crippen molar-refractivity contribution < 1.29 is 0 Å². The van der Waals surface area contributed by atoms with Crippen LogP contribution in [-0.2, 0) is 67.5 Å². The summed E-state index contributed by atoms with van der Waals surface area (Å²) in [4.78, 5) is 0.